The van der Waals surface area contributed by atoms with E-state index in [0.717, 1.165) is 51.3 Å². The molecule has 198 valence electrons. The Morgan fingerprint density at radius 2 is 1.82 bits per heavy atom. The summed E-state index contributed by atoms with van der Waals surface area (Å²) in [6.45, 7) is 11.2. The van der Waals surface area contributed by atoms with E-state index in [-0.39, 0.29) is 0 Å². The average Bonchev–Trinajstić information content (AvgIpc) is 3.21. The Labute approximate surface area is 227 Å². The van der Waals surface area contributed by atoms with Crippen molar-refractivity contribution in [1.82, 2.24) is 9.55 Å². The van der Waals surface area contributed by atoms with Gasteiger partial charge in [-0.3, -0.25) is 0 Å². The first-order chi connectivity index (χ1) is 18.0. The van der Waals surface area contributed by atoms with Gasteiger partial charge in [-0.15, -0.1) is 0 Å². The first-order valence-electron chi connectivity index (χ1n) is 12.6. The lowest BCUT2D eigenvalue weighted by Crippen LogP contribution is -2.31. The molecule has 4 aromatic rings. The molecule has 0 fully saturated rings. The lowest BCUT2D eigenvalue weighted by Gasteiger charge is -2.35. The number of ether oxygens (including phenoxy) is 2. The summed E-state index contributed by atoms with van der Waals surface area (Å²) in [5, 5.41) is 12.1. The van der Waals surface area contributed by atoms with E-state index in [0.29, 0.717) is 22.9 Å². The first kappa shape index (κ1) is 26.1. The highest BCUT2D eigenvalue weighted by atomic mass is 35.5. The van der Waals surface area contributed by atoms with Crippen molar-refractivity contribution in [3.8, 4) is 16.9 Å². The molecular weight excluding hydrogens is 502 g/mol. The van der Waals surface area contributed by atoms with Crippen LogP contribution in [-0.4, -0.2) is 39.9 Å². The normalized spacial score (nSPS) is 14.1. The summed E-state index contributed by atoms with van der Waals surface area (Å²) in [7, 11) is 1.62. The first-order valence-corrected chi connectivity index (χ1v) is 13.0. The molecular formula is C30H32ClN3O4. The average molecular weight is 534 g/mol. The molecule has 0 bridgehead atoms. The number of benzene rings is 2. The van der Waals surface area contributed by atoms with Gasteiger partial charge in [-0.1, -0.05) is 23.7 Å². The smallest absolute Gasteiger partial charge is 0.337 e. The molecule has 1 aliphatic heterocycles. The molecule has 3 heterocycles. The number of hydrogen-bond acceptors (Lipinski definition) is 5. The van der Waals surface area contributed by atoms with Crippen molar-refractivity contribution in [2.75, 3.05) is 18.6 Å². The number of anilines is 2. The van der Waals surface area contributed by atoms with Crippen molar-refractivity contribution in [2.45, 2.75) is 52.9 Å². The lowest BCUT2D eigenvalue weighted by atomic mass is 9.87. The number of rotatable bonds is 6. The Balaban J connectivity index is 1.88. The van der Waals surface area contributed by atoms with Gasteiger partial charge in [0.05, 0.1) is 30.1 Å². The topological polar surface area (TPSA) is 76.8 Å². The van der Waals surface area contributed by atoms with Gasteiger partial charge < -0.3 is 24.0 Å². The van der Waals surface area contributed by atoms with E-state index in [1.165, 1.54) is 0 Å². The number of carboxylic acid groups (broad SMARTS) is 1. The predicted molar refractivity (Wildman–Crippen MR) is 151 cm³/mol. The third kappa shape index (κ3) is 4.50. The maximum absolute atomic E-state index is 12.8. The van der Waals surface area contributed by atoms with Gasteiger partial charge in [0.1, 0.15) is 11.6 Å². The Kier molecular flexibility index (Phi) is 6.61. The van der Waals surface area contributed by atoms with Gasteiger partial charge in [0.2, 0.25) is 0 Å². The Morgan fingerprint density at radius 3 is 2.39 bits per heavy atom. The molecule has 0 spiro atoms. The molecule has 8 heteroatoms. The number of halogens is 1. The number of hydrogen-bond donors (Lipinski definition) is 1. The minimum atomic E-state index is -1.18. The second kappa shape index (κ2) is 9.64. The quantitative estimate of drug-likeness (QED) is 0.285. The van der Waals surface area contributed by atoms with E-state index >= 15 is 0 Å². The Bertz CT molecular complexity index is 1520. The fraction of sp³-hybridized carbons (Fsp3) is 0.333. The molecule has 1 atom stereocenters. The number of aromatic nitrogens is 2. The van der Waals surface area contributed by atoms with Gasteiger partial charge >= 0.3 is 5.97 Å². The highest BCUT2D eigenvalue weighted by Gasteiger charge is 2.36. The fourth-order valence-corrected chi connectivity index (χ4v) is 5.54. The van der Waals surface area contributed by atoms with Crippen molar-refractivity contribution < 1.29 is 19.4 Å². The van der Waals surface area contributed by atoms with Crippen LogP contribution in [0.3, 0.4) is 0 Å². The maximum atomic E-state index is 12.8. The Morgan fingerprint density at radius 1 is 1.11 bits per heavy atom. The zero-order valence-corrected chi connectivity index (χ0v) is 23.3. The zero-order chi connectivity index (χ0) is 27.4. The van der Waals surface area contributed by atoms with E-state index in [9.17, 15) is 9.90 Å². The molecule has 7 nitrogen and oxygen atoms in total. The summed E-state index contributed by atoms with van der Waals surface area (Å²) < 4.78 is 13.9. The molecule has 0 amide bonds. The molecule has 0 unspecified atom stereocenters. The van der Waals surface area contributed by atoms with Crippen LogP contribution in [0.15, 0.2) is 48.7 Å². The molecule has 2 aromatic heterocycles. The van der Waals surface area contributed by atoms with Gasteiger partial charge in [-0.05, 0) is 81.6 Å². The van der Waals surface area contributed by atoms with Crippen LogP contribution in [0.4, 0.5) is 11.5 Å². The third-order valence-electron chi connectivity index (χ3n) is 6.97. The highest BCUT2D eigenvalue weighted by Crippen LogP contribution is 2.49. The van der Waals surface area contributed by atoms with Crippen molar-refractivity contribution in [3.05, 3.63) is 70.5 Å². The molecule has 0 saturated heterocycles. The van der Waals surface area contributed by atoms with E-state index in [4.69, 9.17) is 21.1 Å². The van der Waals surface area contributed by atoms with E-state index in [2.05, 4.69) is 27.4 Å². The van der Waals surface area contributed by atoms with Gasteiger partial charge in [0, 0.05) is 34.8 Å². The molecule has 1 aliphatic rings. The second-order valence-corrected chi connectivity index (χ2v) is 11.1. The van der Waals surface area contributed by atoms with E-state index in [1.807, 2.05) is 64.1 Å². The summed E-state index contributed by atoms with van der Waals surface area (Å²) in [5.74, 6) is 0.412. The van der Waals surface area contributed by atoms with Gasteiger partial charge in [-0.2, -0.15) is 0 Å². The van der Waals surface area contributed by atoms with Crippen LogP contribution in [0.25, 0.3) is 22.0 Å². The molecule has 5 rings (SSSR count). The van der Waals surface area contributed by atoms with Crippen LogP contribution in [0.1, 0.15) is 43.7 Å². The van der Waals surface area contributed by atoms with Crippen molar-refractivity contribution in [1.29, 1.82) is 0 Å². The molecule has 38 heavy (non-hydrogen) atoms. The standard InChI is InChI=1S/C30H32ClN3O4/c1-17-15-22-25(19-7-9-20(31)10-8-19)24(28(29(35)36)38-30(3,4)5)18(2)26-27(22)33(17)13-14-34(26)23-12-11-21(37-6)16-32-23/h7-12,15-16,28H,13-14H2,1-6H3,(H,35,36)/t28-/m0/s1. The van der Waals surface area contributed by atoms with E-state index in [1.54, 1.807) is 13.3 Å². The zero-order valence-electron chi connectivity index (χ0n) is 22.5. The van der Waals surface area contributed by atoms with Crippen LogP contribution in [0, 0.1) is 13.8 Å². The van der Waals surface area contributed by atoms with Crippen LogP contribution in [0.5, 0.6) is 5.75 Å². The summed E-state index contributed by atoms with van der Waals surface area (Å²) in [4.78, 5) is 19.7. The van der Waals surface area contributed by atoms with Crippen molar-refractivity contribution in [3.63, 3.8) is 0 Å². The SMILES string of the molecule is COc1ccc(N2CCn3c(C)cc4c(-c5ccc(Cl)cc5)c([C@H](OC(C)(C)C)C(=O)O)c(C)c2c43)nc1. The summed E-state index contributed by atoms with van der Waals surface area (Å²) in [6.07, 6.45) is 0.518. The number of aryl methyl sites for hydroxylation is 1. The van der Waals surface area contributed by atoms with Crippen LogP contribution in [0.2, 0.25) is 5.02 Å². The molecule has 0 saturated carbocycles. The van der Waals surface area contributed by atoms with Crippen molar-refractivity contribution in [2.24, 2.45) is 0 Å². The number of nitrogens with zero attached hydrogens (tertiary/aromatic N) is 3. The van der Waals surface area contributed by atoms with Crippen molar-refractivity contribution >= 4 is 40.0 Å². The maximum Gasteiger partial charge on any atom is 0.337 e. The predicted octanol–water partition coefficient (Wildman–Crippen LogP) is 7.07. The minimum absolute atomic E-state index is 0.618. The summed E-state index contributed by atoms with van der Waals surface area (Å²) >= 11 is 6.24. The number of methoxy groups -OCH3 is 1. The van der Waals surface area contributed by atoms with E-state index < -0.39 is 17.7 Å². The largest absolute Gasteiger partial charge is 0.495 e. The molecule has 2 aromatic carbocycles. The molecule has 1 N–H and O–H groups in total. The second-order valence-electron chi connectivity index (χ2n) is 10.6. The van der Waals surface area contributed by atoms with Crippen LogP contribution >= 0.6 is 11.6 Å². The highest BCUT2D eigenvalue weighted by molar-refractivity contribution is 6.30. The number of pyridine rings is 1. The van der Waals surface area contributed by atoms with Crippen LogP contribution < -0.4 is 9.64 Å². The number of carboxylic acids is 1. The minimum Gasteiger partial charge on any atom is -0.495 e. The Hall–Kier alpha value is -3.55. The van der Waals surface area contributed by atoms with Gasteiger partial charge in [0.25, 0.3) is 0 Å². The molecule has 0 radical (unpaired) electrons. The lowest BCUT2D eigenvalue weighted by molar-refractivity contribution is -0.160. The number of carbonyl (C=O) groups is 1. The van der Waals surface area contributed by atoms with Gasteiger partial charge in [-0.25, -0.2) is 9.78 Å². The van der Waals surface area contributed by atoms with Gasteiger partial charge in [0.15, 0.2) is 6.10 Å². The molecule has 0 aliphatic carbocycles. The monoisotopic (exact) mass is 533 g/mol. The number of aliphatic carboxylic acids is 1. The summed E-state index contributed by atoms with van der Waals surface area (Å²) in [5.41, 5.74) is 5.63. The summed E-state index contributed by atoms with van der Waals surface area (Å²) in [6, 6.07) is 13.5. The van der Waals surface area contributed by atoms with Crippen LogP contribution in [-0.2, 0) is 16.1 Å². The fourth-order valence-electron chi connectivity index (χ4n) is 5.41. The third-order valence-corrected chi connectivity index (χ3v) is 7.22.